The van der Waals surface area contributed by atoms with Gasteiger partial charge < -0.3 is 15.0 Å². The van der Waals surface area contributed by atoms with Gasteiger partial charge in [0.2, 0.25) is 0 Å². The summed E-state index contributed by atoms with van der Waals surface area (Å²) in [6.45, 7) is 11.9. The average Bonchev–Trinajstić information content (AvgIpc) is 2.38. The van der Waals surface area contributed by atoms with Gasteiger partial charge in [0.1, 0.15) is 5.75 Å². The van der Waals surface area contributed by atoms with E-state index in [2.05, 4.69) is 77.1 Å². The van der Waals surface area contributed by atoms with Crippen LogP contribution < -0.4 is 10.1 Å². The van der Waals surface area contributed by atoms with Crippen molar-refractivity contribution in [2.24, 2.45) is 0 Å². The summed E-state index contributed by atoms with van der Waals surface area (Å²) in [5.74, 6) is 0.945. The van der Waals surface area contributed by atoms with E-state index in [9.17, 15) is 0 Å². The van der Waals surface area contributed by atoms with E-state index >= 15 is 0 Å². The van der Waals surface area contributed by atoms with Gasteiger partial charge in [-0.2, -0.15) is 0 Å². The first-order valence-corrected chi connectivity index (χ1v) is 7.96. The number of hydrogen-bond acceptors (Lipinski definition) is 3. The fraction of sp³-hybridized carbons (Fsp3) is 0.667. The van der Waals surface area contributed by atoms with Crippen LogP contribution in [0.1, 0.15) is 52.6 Å². The molecule has 0 saturated heterocycles. The van der Waals surface area contributed by atoms with Crippen molar-refractivity contribution in [2.75, 3.05) is 20.6 Å². The summed E-state index contributed by atoms with van der Waals surface area (Å²) in [7, 11) is 4.27. The van der Waals surface area contributed by atoms with Crippen molar-refractivity contribution in [2.45, 2.75) is 58.7 Å². The SMILES string of the molecule is CCCNC(c1cccc(OC(C)C)c1)C(C)(C)N(C)C. The maximum absolute atomic E-state index is 5.84. The molecule has 0 fully saturated rings. The van der Waals surface area contributed by atoms with Crippen LogP contribution in [0.5, 0.6) is 5.75 Å². The van der Waals surface area contributed by atoms with Crippen molar-refractivity contribution in [3.63, 3.8) is 0 Å². The summed E-state index contributed by atoms with van der Waals surface area (Å²) in [6, 6.07) is 8.73. The van der Waals surface area contributed by atoms with Crippen LogP contribution in [0.25, 0.3) is 0 Å². The standard InChI is InChI=1S/C18H32N2O/c1-8-12-19-17(18(4,5)20(6)7)15-10-9-11-16(13-15)21-14(2)3/h9-11,13-14,17,19H,8,12H2,1-7H3. The zero-order valence-corrected chi connectivity index (χ0v) is 14.7. The average molecular weight is 292 g/mol. The molecule has 0 aromatic heterocycles. The van der Waals surface area contributed by atoms with E-state index in [1.807, 2.05) is 6.07 Å². The lowest BCUT2D eigenvalue weighted by Crippen LogP contribution is -2.49. The van der Waals surface area contributed by atoms with Crippen molar-refractivity contribution in [3.8, 4) is 5.75 Å². The van der Waals surface area contributed by atoms with Crippen LogP contribution in [0.15, 0.2) is 24.3 Å². The van der Waals surface area contributed by atoms with Gasteiger partial charge in [0.05, 0.1) is 12.1 Å². The summed E-state index contributed by atoms with van der Waals surface area (Å²) in [5.41, 5.74) is 1.30. The first-order valence-electron chi connectivity index (χ1n) is 7.96. The van der Waals surface area contributed by atoms with Crippen molar-refractivity contribution >= 4 is 0 Å². The van der Waals surface area contributed by atoms with Gasteiger partial charge in [0.25, 0.3) is 0 Å². The zero-order chi connectivity index (χ0) is 16.0. The minimum atomic E-state index is 0.0195. The topological polar surface area (TPSA) is 24.5 Å². The van der Waals surface area contributed by atoms with E-state index in [1.54, 1.807) is 0 Å². The molecule has 0 spiro atoms. The number of hydrogen-bond donors (Lipinski definition) is 1. The number of rotatable bonds is 8. The molecule has 0 radical (unpaired) electrons. The van der Waals surface area contributed by atoms with Crippen LogP contribution in [0, 0.1) is 0 Å². The molecule has 1 unspecified atom stereocenters. The Balaban J connectivity index is 3.08. The third kappa shape index (κ3) is 5.01. The van der Waals surface area contributed by atoms with Crippen molar-refractivity contribution < 1.29 is 4.74 Å². The molecule has 0 aliphatic rings. The Morgan fingerprint density at radius 3 is 2.43 bits per heavy atom. The first-order chi connectivity index (χ1) is 9.78. The molecule has 0 bridgehead atoms. The van der Waals surface area contributed by atoms with Gasteiger partial charge in [0, 0.05) is 5.54 Å². The highest BCUT2D eigenvalue weighted by atomic mass is 16.5. The third-order valence-corrected chi connectivity index (χ3v) is 4.02. The molecule has 0 aliphatic heterocycles. The second kappa shape index (κ2) is 7.81. The normalized spacial score (nSPS) is 13.8. The van der Waals surface area contributed by atoms with E-state index in [-0.39, 0.29) is 17.7 Å². The van der Waals surface area contributed by atoms with Gasteiger partial charge in [-0.3, -0.25) is 0 Å². The lowest BCUT2D eigenvalue weighted by molar-refractivity contribution is 0.137. The van der Waals surface area contributed by atoms with Gasteiger partial charge in [-0.15, -0.1) is 0 Å². The van der Waals surface area contributed by atoms with Crippen LogP contribution in [0.4, 0.5) is 0 Å². The van der Waals surface area contributed by atoms with Crippen LogP contribution in [0.2, 0.25) is 0 Å². The molecule has 21 heavy (non-hydrogen) atoms. The van der Waals surface area contributed by atoms with Gasteiger partial charge in [-0.25, -0.2) is 0 Å². The summed E-state index contributed by atoms with van der Waals surface area (Å²) >= 11 is 0. The van der Waals surface area contributed by atoms with Crippen LogP contribution in [-0.2, 0) is 0 Å². The maximum Gasteiger partial charge on any atom is 0.120 e. The molecule has 0 heterocycles. The molecule has 1 rings (SSSR count). The number of nitrogens with one attached hydrogen (secondary N) is 1. The van der Waals surface area contributed by atoms with Crippen molar-refractivity contribution in [1.82, 2.24) is 10.2 Å². The highest BCUT2D eigenvalue weighted by molar-refractivity contribution is 5.32. The summed E-state index contributed by atoms with van der Waals surface area (Å²) in [6.07, 6.45) is 1.33. The Morgan fingerprint density at radius 2 is 1.90 bits per heavy atom. The monoisotopic (exact) mass is 292 g/mol. The van der Waals surface area contributed by atoms with Gasteiger partial charge in [0.15, 0.2) is 0 Å². The van der Waals surface area contributed by atoms with E-state index in [4.69, 9.17) is 4.74 Å². The highest BCUT2D eigenvalue weighted by Gasteiger charge is 2.32. The summed E-state index contributed by atoms with van der Waals surface area (Å²) in [4.78, 5) is 2.27. The second-order valence-corrected chi connectivity index (χ2v) is 6.67. The molecule has 3 nitrogen and oxygen atoms in total. The van der Waals surface area contributed by atoms with E-state index in [0.29, 0.717) is 0 Å². The Hall–Kier alpha value is -1.06. The maximum atomic E-state index is 5.84. The summed E-state index contributed by atoms with van der Waals surface area (Å²) in [5, 5.41) is 3.69. The number of likely N-dealkylation sites (N-methyl/N-ethyl adjacent to an activating group) is 1. The lowest BCUT2D eigenvalue weighted by atomic mass is 9.87. The molecular weight excluding hydrogens is 260 g/mol. The molecule has 0 amide bonds. The predicted molar refractivity (Wildman–Crippen MR) is 91.0 cm³/mol. The summed E-state index contributed by atoms with van der Waals surface area (Å²) < 4.78 is 5.84. The zero-order valence-electron chi connectivity index (χ0n) is 14.7. The lowest BCUT2D eigenvalue weighted by Gasteiger charge is -2.41. The second-order valence-electron chi connectivity index (χ2n) is 6.67. The minimum absolute atomic E-state index is 0.0195. The Labute approximate surface area is 130 Å². The van der Waals surface area contributed by atoms with E-state index in [0.717, 1.165) is 18.7 Å². The van der Waals surface area contributed by atoms with E-state index < -0.39 is 0 Å². The van der Waals surface area contributed by atoms with Crippen LogP contribution in [-0.4, -0.2) is 37.2 Å². The highest BCUT2D eigenvalue weighted by Crippen LogP contribution is 2.31. The third-order valence-electron chi connectivity index (χ3n) is 4.02. The van der Waals surface area contributed by atoms with Crippen LogP contribution in [0.3, 0.4) is 0 Å². The predicted octanol–water partition coefficient (Wildman–Crippen LogP) is 3.85. The first kappa shape index (κ1) is 18.0. The Kier molecular flexibility index (Phi) is 6.69. The molecule has 0 aliphatic carbocycles. The largest absolute Gasteiger partial charge is 0.491 e. The quantitative estimate of drug-likeness (QED) is 0.787. The molecule has 3 heteroatoms. The smallest absolute Gasteiger partial charge is 0.120 e. The van der Waals surface area contributed by atoms with Gasteiger partial charge in [-0.05, 0) is 72.5 Å². The molecular formula is C18H32N2O. The fourth-order valence-electron chi connectivity index (χ4n) is 2.36. The molecule has 1 aromatic carbocycles. The van der Waals surface area contributed by atoms with Crippen LogP contribution >= 0.6 is 0 Å². The Morgan fingerprint density at radius 1 is 1.24 bits per heavy atom. The molecule has 1 N–H and O–H groups in total. The molecule has 120 valence electrons. The molecule has 1 atom stereocenters. The van der Waals surface area contributed by atoms with Gasteiger partial charge >= 0.3 is 0 Å². The fourth-order valence-corrected chi connectivity index (χ4v) is 2.36. The number of benzene rings is 1. The van der Waals surface area contributed by atoms with Crippen molar-refractivity contribution in [3.05, 3.63) is 29.8 Å². The Bertz CT molecular complexity index is 427. The molecule has 1 aromatic rings. The van der Waals surface area contributed by atoms with Gasteiger partial charge in [-0.1, -0.05) is 19.1 Å². The number of nitrogens with zero attached hydrogens (tertiary/aromatic N) is 1. The number of ether oxygens (including phenoxy) is 1. The van der Waals surface area contributed by atoms with E-state index in [1.165, 1.54) is 5.56 Å². The molecule has 0 saturated carbocycles. The minimum Gasteiger partial charge on any atom is -0.491 e. The van der Waals surface area contributed by atoms with Crippen molar-refractivity contribution in [1.29, 1.82) is 0 Å².